The van der Waals surface area contributed by atoms with E-state index in [1.807, 2.05) is 20.8 Å². The standard InChI is InChI=1S/C13H26N2O3/c1-13(2,3)18-12(17)15-6-4-5-10(8-15)11(7-14)9-16/h10-11,16H,4-9,14H2,1-3H3. The van der Waals surface area contributed by atoms with Crippen LogP contribution in [0.1, 0.15) is 33.6 Å². The summed E-state index contributed by atoms with van der Waals surface area (Å²) in [5.41, 5.74) is 5.18. The molecule has 106 valence electrons. The maximum absolute atomic E-state index is 12.0. The molecule has 0 aliphatic carbocycles. The van der Waals surface area contributed by atoms with Crippen molar-refractivity contribution in [3.8, 4) is 0 Å². The molecule has 0 aromatic heterocycles. The van der Waals surface area contributed by atoms with Crippen LogP contribution in [0, 0.1) is 11.8 Å². The van der Waals surface area contributed by atoms with E-state index in [1.54, 1.807) is 4.90 Å². The molecule has 5 nitrogen and oxygen atoms in total. The highest BCUT2D eigenvalue weighted by Gasteiger charge is 2.30. The van der Waals surface area contributed by atoms with Crippen LogP contribution in [0.4, 0.5) is 4.79 Å². The number of carbonyl (C=O) groups excluding carboxylic acids is 1. The summed E-state index contributed by atoms with van der Waals surface area (Å²) in [4.78, 5) is 13.7. The summed E-state index contributed by atoms with van der Waals surface area (Å²) in [6.45, 7) is 7.51. The lowest BCUT2D eigenvalue weighted by molar-refractivity contribution is 0.0106. The molecule has 1 fully saturated rings. The maximum atomic E-state index is 12.0. The van der Waals surface area contributed by atoms with Gasteiger partial charge in [0.15, 0.2) is 0 Å². The first kappa shape index (κ1) is 15.2. The summed E-state index contributed by atoms with van der Waals surface area (Å²) in [5, 5.41) is 9.27. The molecule has 0 radical (unpaired) electrons. The molecular weight excluding hydrogens is 232 g/mol. The van der Waals surface area contributed by atoms with E-state index in [2.05, 4.69) is 0 Å². The van der Waals surface area contributed by atoms with Crippen LogP contribution in [0.3, 0.4) is 0 Å². The minimum Gasteiger partial charge on any atom is -0.444 e. The molecular formula is C13H26N2O3. The first-order chi connectivity index (χ1) is 8.37. The first-order valence-corrected chi connectivity index (χ1v) is 6.66. The molecule has 0 aromatic carbocycles. The topological polar surface area (TPSA) is 75.8 Å². The van der Waals surface area contributed by atoms with Crippen LogP contribution in [0.5, 0.6) is 0 Å². The zero-order valence-electron chi connectivity index (χ0n) is 11.7. The molecule has 2 unspecified atom stereocenters. The number of hydrogen-bond donors (Lipinski definition) is 2. The molecule has 0 bridgehead atoms. The number of hydrogen-bond acceptors (Lipinski definition) is 4. The van der Waals surface area contributed by atoms with E-state index in [0.717, 1.165) is 19.4 Å². The number of ether oxygens (including phenoxy) is 1. The molecule has 1 amide bonds. The third-order valence-corrected chi connectivity index (χ3v) is 3.31. The van der Waals surface area contributed by atoms with Crippen molar-refractivity contribution in [3.63, 3.8) is 0 Å². The maximum Gasteiger partial charge on any atom is 0.410 e. The van der Waals surface area contributed by atoms with Gasteiger partial charge in [-0.25, -0.2) is 4.79 Å². The molecule has 1 saturated heterocycles. The Bertz CT molecular complexity index is 272. The highest BCUT2D eigenvalue weighted by molar-refractivity contribution is 5.68. The van der Waals surface area contributed by atoms with Gasteiger partial charge in [0.05, 0.1) is 0 Å². The molecule has 1 aliphatic rings. The Kier molecular flexibility index (Phi) is 5.41. The van der Waals surface area contributed by atoms with E-state index < -0.39 is 5.60 Å². The summed E-state index contributed by atoms with van der Waals surface area (Å²) in [7, 11) is 0. The number of aliphatic hydroxyl groups is 1. The second-order valence-electron chi connectivity index (χ2n) is 6.01. The number of nitrogens with zero attached hydrogens (tertiary/aromatic N) is 1. The Labute approximate surface area is 109 Å². The third kappa shape index (κ3) is 4.46. The Morgan fingerprint density at radius 2 is 2.22 bits per heavy atom. The normalized spacial score (nSPS) is 22.7. The Hall–Kier alpha value is -0.810. The molecule has 18 heavy (non-hydrogen) atoms. The number of piperidine rings is 1. The molecule has 1 aliphatic heterocycles. The highest BCUT2D eigenvalue weighted by Crippen LogP contribution is 2.24. The third-order valence-electron chi connectivity index (χ3n) is 3.31. The van der Waals surface area contributed by atoms with Crippen molar-refractivity contribution < 1.29 is 14.6 Å². The van der Waals surface area contributed by atoms with Gasteiger partial charge in [-0.15, -0.1) is 0 Å². The van der Waals surface area contributed by atoms with Crippen molar-refractivity contribution in [2.24, 2.45) is 17.6 Å². The number of carbonyl (C=O) groups is 1. The summed E-state index contributed by atoms with van der Waals surface area (Å²) in [5.74, 6) is 0.358. The van der Waals surface area contributed by atoms with Gasteiger partial charge in [0, 0.05) is 19.7 Å². The predicted molar refractivity (Wildman–Crippen MR) is 70.2 cm³/mol. The van der Waals surface area contributed by atoms with Gasteiger partial charge < -0.3 is 20.5 Å². The highest BCUT2D eigenvalue weighted by atomic mass is 16.6. The van der Waals surface area contributed by atoms with Gasteiger partial charge in [-0.2, -0.15) is 0 Å². The number of nitrogens with two attached hydrogens (primary N) is 1. The van der Waals surface area contributed by atoms with Gasteiger partial charge in [-0.3, -0.25) is 0 Å². The SMILES string of the molecule is CC(C)(C)OC(=O)N1CCCC(C(CN)CO)C1. The van der Waals surface area contributed by atoms with Gasteiger partial charge >= 0.3 is 6.09 Å². The summed E-state index contributed by atoms with van der Waals surface area (Å²) < 4.78 is 5.37. The summed E-state index contributed by atoms with van der Waals surface area (Å²) in [6.07, 6.45) is 1.70. The Balaban J connectivity index is 2.55. The second-order valence-corrected chi connectivity index (χ2v) is 6.01. The fraction of sp³-hybridized carbons (Fsp3) is 0.923. The fourth-order valence-electron chi connectivity index (χ4n) is 2.30. The molecule has 1 heterocycles. The van der Waals surface area contributed by atoms with Gasteiger partial charge in [-0.05, 0) is 52.0 Å². The minimum absolute atomic E-state index is 0.0789. The zero-order chi connectivity index (χ0) is 13.8. The van der Waals surface area contributed by atoms with E-state index in [0.29, 0.717) is 13.1 Å². The molecule has 0 spiro atoms. The molecule has 3 N–H and O–H groups in total. The van der Waals surface area contributed by atoms with Crippen molar-refractivity contribution in [1.29, 1.82) is 0 Å². The van der Waals surface area contributed by atoms with E-state index in [9.17, 15) is 9.90 Å². The molecule has 2 atom stereocenters. The van der Waals surface area contributed by atoms with Gasteiger partial charge in [0.25, 0.3) is 0 Å². The Morgan fingerprint density at radius 3 is 2.72 bits per heavy atom. The van der Waals surface area contributed by atoms with Crippen LogP contribution >= 0.6 is 0 Å². The average Bonchev–Trinajstić information content (AvgIpc) is 2.29. The Morgan fingerprint density at radius 1 is 1.56 bits per heavy atom. The minimum atomic E-state index is -0.464. The number of amides is 1. The van der Waals surface area contributed by atoms with E-state index >= 15 is 0 Å². The van der Waals surface area contributed by atoms with Crippen molar-refractivity contribution in [1.82, 2.24) is 4.90 Å². The molecule has 1 rings (SSSR count). The van der Waals surface area contributed by atoms with Gasteiger partial charge in [-0.1, -0.05) is 0 Å². The van der Waals surface area contributed by atoms with Crippen molar-refractivity contribution >= 4 is 6.09 Å². The quantitative estimate of drug-likeness (QED) is 0.797. The number of likely N-dealkylation sites (tertiary alicyclic amines) is 1. The van der Waals surface area contributed by atoms with E-state index in [1.165, 1.54) is 0 Å². The van der Waals surface area contributed by atoms with Crippen LogP contribution in [-0.2, 0) is 4.74 Å². The van der Waals surface area contributed by atoms with Gasteiger partial charge in [0.1, 0.15) is 5.60 Å². The van der Waals surface area contributed by atoms with Crippen molar-refractivity contribution in [3.05, 3.63) is 0 Å². The van der Waals surface area contributed by atoms with Crippen LogP contribution in [0.25, 0.3) is 0 Å². The monoisotopic (exact) mass is 258 g/mol. The molecule has 5 heteroatoms. The molecule has 0 saturated carbocycles. The summed E-state index contributed by atoms with van der Waals surface area (Å²) in [6, 6.07) is 0. The van der Waals surface area contributed by atoms with Gasteiger partial charge in [0.2, 0.25) is 0 Å². The number of rotatable bonds is 3. The summed E-state index contributed by atoms with van der Waals surface area (Å²) >= 11 is 0. The van der Waals surface area contributed by atoms with Crippen LogP contribution < -0.4 is 5.73 Å². The van der Waals surface area contributed by atoms with Crippen LogP contribution in [-0.4, -0.2) is 47.9 Å². The smallest absolute Gasteiger partial charge is 0.410 e. The second kappa shape index (κ2) is 6.38. The van der Waals surface area contributed by atoms with E-state index in [-0.39, 0.29) is 24.5 Å². The average molecular weight is 258 g/mol. The zero-order valence-corrected chi connectivity index (χ0v) is 11.7. The predicted octanol–water partition coefficient (Wildman–Crippen LogP) is 1.20. The lowest BCUT2D eigenvalue weighted by atomic mass is 9.86. The first-order valence-electron chi connectivity index (χ1n) is 6.66. The largest absolute Gasteiger partial charge is 0.444 e. The van der Waals surface area contributed by atoms with E-state index in [4.69, 9.17) is 10.5 Å². The fourth-order valence-corrected chi connectivity index (χ4v) is 2.30. The van der Waals surface area contributed by atoms with Crippen molar-refractivity contribution in [2.75, 3.05) is 26.2 Å². The van der Waals surface area contributed by atoms with Crippen molar-refractivity contribution in [2.45, 2.75) is 39.2 Å². The number of aliphatic hydroxyl groups excluding tert-OH is 1. The molecule has 0 aromatic rings. The van der Waals surface area contributed by atoms with Crippen LogP contribution in [0.2, 0.25) is 0 Å². The lowest BCUT2D eigenvalue weighted by Gasteiger charge is -2.36. The van der Waals surface area contributed by atoms with Crippen LogP contribution in [0.15, 0.2) is 0 Å². The lowest BCUT2D eigenvalue weighted by Crippen LogP contribution is -2.46.